The number of hydrogen-bond acceptors (Lipinski definition) is 4. The van der Waals surface area contributed by atoms with Crippen molar-refractivity contribution in [3.63, 3.8) is 0 Å². The minimum absolute atomic E-state index is 0.0170. The van der Waals surface area contributed by atoms with Crippen LogP contribution in [0.3, 0.4) is 0 Å². The van der Waals surface area contributed by atoms with Crippen LogP contribution in [0.5, 0.6) is 0 Å². The summed E-state index contributed by atoms with van der Waals surface area (Å²) in [4.78, 5) is 34.1. The Morgan fingerprint density at radius 2 is 1.75 bits per heavy atom. The molecule has 2 amide bonds. The molecule has 0 aromatic heterocycles. The normalized spacial score (nSPS) is 16.8. The third-order valence-corrected chi connectivity index (χ3v) is 7.26. The van der Waals surface area contributed by atoms with Crippen molar-refractivity contribution in [1.29, 1.82) is 5.26 Å². The highest BCUT2D eigenvalue weighted by molar-refractivity contribution is 6.31. The summed E-state index contributed by atoms with van der Waals surface area (Å²) < 4.78 is 41.7. The van der Waals surface area contributed by atoms with Crippen molar-refractivity contribution < 1.29 is 22.8 Å². The molecule has 0 bridgehead atoms. The predicted molar refractivity (Wildman–Crippen MR) is 147 cm³/mol. The van der Waals surface area contributed by atoms with E-state index in [-0.39, 0.29) is 51.4 Å². The summed E-state index contributed by atoms with van der Waals surface area (Å²) in [5, 5.41) is 9.85. The Hall–Kier alpha value is -3.97. The van der Waals surface area contributed by atoms with Crippen molar-refractivity contribution in [2.24, 2.45) is 27.6 Å². The van der Waals surface area contributed by atoms with E-state index in [2.05, 4.69) is 9.98 Å². The maximum Gasteiger partial charge on any atom is 0.399 e. The lowest BCUT2D eigenvalue weighted by Crippen LogP contribution is -2.47. The lowest BCUT2D eigenvalue weighted by molar-refractivity contribution is -0.141. The second-order valence-corrected chi connectivity index (χ2v) is 10.4. The van der Waals surface area contributed by atoms with Gasteiger partial charge in [0, 0.05) is 16.9 Å². The van der Waals surface area contributed by atoms with Crippen LogP contribution in [0.1, 0.15) is 59.4 Å². The zero-order valence-electron chi connectivity index (χ0n) is 21.9. The topological polar surface area (TPSA) is 112 Å². The summed E-state index contributed by atoms with van der Waals surface area (Å²) in [5.41, 5.74) is 7.98. The molecular formula is C29H27ClF3N5O2. The molecule has 2 saturated carbocycles. The molecule has 7 nitrogen and oxygen atoms in total. The molecule has 2 aromatic rings. The number of rotatable bonds is 7. The van der Waals surface area contributed by atoms with E-state index in [0.717, 1.165) is 17.3 Å². The fourth-order valence-electron chi connectivity index (χ4n) is 4.07. The van der Waals surface area contributed by atoms with Crippen molar-refractivity contribution in [3.8, 4) is 6.07 Å². The van der Waals surface area contributed by atoms with E-state index >= 15 is 0 Å². The summed E-state index contributed by atoms with van der Waals surface area (Å²) >= 11 is 6.14. The van der Waals surface area contributed by atoms with Gasteiger partial charge in [0.05, 0.1) is 17.2 Å². The molecule has 40 heavy (non-hydrogen) atoms. The van der Waals surface area contributed by atoms with Gasteiger partial charge in [-0.15, -0.1) is 0 Å². The number of guanidine groups is 1. The number of nitriles is 1. The minimum atomic E-state index is -4.56. The van der Waals surface area contributed by atoms with E-state index in [1.807, 2.05) is 6.07 Å². The van der Waals surface area contributed by atoms with Gasteiger partial charge in [-0.25, -0.2) is 14.9 Å². The van der Waals surface area contributed by atoms with Crippen LogP contribution >= 0.6 is 11.6 Å². The zero-order valence-corrected chi connectivity index (χ0v) is 22.6. The van der Waals surface area contributed by atoms with Gasteiger partial charge in [0.2, 0.25) is 17.8 Å². The summed E-state index contributed by atoms with van der Waals surface area (Å²) in [6.07, 6.45) is 1.58. The molecule has 0 heterocycles. The summed E-state index contributed by atoms with van der Waals surface area (Å²) in [6, 6.07) is 9.11. The van der Waals surface area contributed by atoms with Crippen LogP contribution in [0.4, 0.5) is 18.9 Å². The van der Waals surface area contributed by atoms with Crippen LogP contribution < -0.4 is 5.73 Å². The van der Waals surface area contributed by atoms with Crippen molar-refractivity contribution in [1.82, 2.24) is 4.90 Å². The number of amides is 2. The minimum Gasteiger partial charge on any atom is -0.369 e. The fraction of sp³-hybridized carbons (Fsp3) is 0.345. The first-order valence-corrected chi connectivity index (χ1v) is 13.1. The van der Waals surface area contributed by atoms with Gasteiger partial charge in [0.25, 0.3) is 0 Å². The molecule has 1 unspecified atom stereocenters. The van der Waals surface area contributed by atoms with Crippen LogP contribution in [-0.2, 0) is 9.59 Å². The van der Waals surface area contributed by atoms with Crippen LogP contribution in [0, 0.1) is 37.0 Å². The van der Waals surface area contributed by atoms with Crippen LogP contribution in [0.25, 0.3) is 6.08 Å². The zero-order chi connectivity index (χ0) is 29.2. The first-order valence-electron chi connectivity index (χ1n) is 12.7. The Labute approximate surface area is 234 Å². The molecule has 11 heteroatoms. The molecule has 2 fully saturated rings. The van der Waals surface area contributed by atoms with Gasteiger partial charge in [-0.3, -0.25) is 9.59 Å². The Morgan fingerprint density at radius 1 is 1.12 bits per heavy atom. The Bertz CT molecular complexity index is 1420. The van der Waals surface area contributed by atoms with Crippen LogP contribution in [0.2, 0.25) is 5.02 Å². The molecule has 0 radical (unpaired) electrons. The molecule has 2 N–H and O–H groups in total. The van der Waals surface area contributed by atoms with E-state index in [4.69, 9.17) is 17.3 Å². The van der Waals surface area contributed by atoms with E-state index < -0.39 is 12.1 Å². The van der Waals surface area contributed by atoms with E-state index in [1.54, 1.807) is 13.8 Å². The number of imide groups is 1. The van der Waals surface area contributed by atoms with Gasteiger partial charge in [-0.2, -0.15) is 18.4 Å². The lowest BCUT2D eigenvalue weighted by atomic mass is 9.94. The smallest absolute Gasteiger partial charge is 0.369 e. The van der Waals surface area contributed by atoms with Gasteiger partial charge < -0.3 is 5.73 Å². The number of nitrogens with zero attached hydrogens (tertiary/aromatic N) is 4. The highest BCUT2D eigenvalue weighted by atomic mass is 35.5. The number of aryl methyl sites for hydroxylation is 1. The summed E-state index contributed by atoms with van der Waals surface area (Å²) in [6.45, 7) is 3.44. The van der Waals surface area contributed by atoms with Gasteiger partial charge in [0.15, 0.2) is 0 Å². The van der Waals surface area contributed by atoms with Crippen molar-refractivity contribution >= 4 is 47.5 Å². The first-order chi connectivity index (χ1) is 18.9. The maximum atomic E-state index is 13.9. The largest absolute Gasteiger partial charge is 0.399 e. The van der Waals surface area contributed by atoms with Crippen LogP contribution in [-0.4, -0.2) is 35.2 Å². The van der Waals surface area contributed by atoms with Gasteiger partial charge in [-0.05, 0) is 80.0 Å². The molecular weight excluding hydrogens is 543 g/mol. The second kappa shape index (κ2) is 11.6. The Morgan fingerprint density at radius 3 is 2.27 bits per heavy atom. The number of aliphatic imine (C=N–C) groups is 2. The molecule has 1 atom stereocenters. The Kier molecular flexibility index (Phi) is 8.45. The fourth-order valence-corrected chi connectivity index (χ4v) is 4.34. The molecule has 208 valence electrons. The first kappa shape index (κ1) is 29.0. The molecule has 0 spiro atoms. The number of carbonyl (C=O) groups excluding carboxylic acids is 2. The van der Waals surface area contributed by atoms with Gasteiger partial charge in [0.1, 0.15) is 12.4 Å². The molecule has 2 aliphatic rings. The number of halogens is 4. The highest BCUT2D eigenvalue weighted by Crippen LogP contribution is 2.39. The summed E-state index contributed by atoms with van der Waals surface area (Å²) in [7, 11) is 0. The molecule has 4 rings (SSSR count). The second-order valence-electron chi connectivity index (χ2n) is 10.0. The number of nitrogens with two attached hydrogens (primary N) is 1. The average Bonchev–Trinajstić information content (AvgIpc) is 3.80. The number of carbonyl (C=O) groups is 2. The lowest BCUT2D eigenvalue weighted by Gasteiger charge is -2.19. The third-order valence-electron chi connectivity index (χ3n) is 6.87. The standard InChI is InChI=1S/C29H27ClF3N5O2/c1-16-11-21(13-24(30)17(16)2)23(29(31,32)33)9-3-18-4-10-25(22(12-18)14-34)36-15-37-28(35)38(26(39)19-5-6-19)27(40)20-7-8-20/h3-4,9-13,15,19-20,23H,5-8H2,1-2H3,(H2,35,36,37)/b9-3+. The predicted octanol–water partition coefficient (Wildman–Crippen LogP) is 6.34. The van der Waals surface area contributed by atoms with Crippen molar-refractivity contribution in [2.75, 3.05) is 0 Å². The SMILES string of the molecule is Cc1cc(C(/C=C/c2ccc(N=CN=C(N)N(C(=O)C3CC3)C(=O)C3CC3)c(C#N)c2)C(F)(F)F)cc(Cl)c1C. The average molecular weight is 570 g/mol. The molecule has 2 aromatic carbocycles. The van der Waals surface area contributed by atoms with Crippen molar-refractivity contribution in [3.05, 3.63) is 69.2 Å². The maximum absolute atomic E-state index is 13.9. The van der Waals surface area contributed by atoms with E-state index in [0.29, 0.717) is 42.4 Å². The van der Waals surface area contributed by atoms with Crippen LogP contribution in [0.15, 0.2) is 46.4 Å². The van der Waals surface area contributed by atoms with Gasteiger partial charge >= 0.3 is 6.18 Å². The highest BCUT2D eigenvalue weighted by Gasteiger charge is 2.43. The summed E-state index contributed by atoms with van der Waals surface area (Å²) in [5.74, 6) is -3.41. The number of allylic oxidation sites excluding steroid dienone is 1. The quantitative estimate of drug-likeness (QED) is 0.238. The molecule has 2 aliphatic carbocycles. The van der Waals surface area contributed by atoms with E-state index in [9.17, 15) is 28.0 Å². The Balaban J connectivity index is 1.54. The van der Waals surface area contributed by atoms with Crippen molar-refractivity contribution in [2.45, 2.75) is 51.6 Å². The number of alkyl halides is 3. The monoisotopic (exact) mass is 569 g/mol. The molecule has 0 saturated heterocycles. The molecule has 0 aliphatic heterocycles. The van der Waals surface area contributed by atoms with E-state index in [1.165, 1.54) is 36.4 Å². The number of benzene rings is 2. The van der Waals surface area contributed by atoms with Gasteiger partial charge in [-0.1, -0.05) is 35.9 Å². The third kappa shape index (κ3) is 6.77. The number of hydrogen-bond donors (Lipinski definition) is 1.